The molecule has 16 heavy (non-hydrogen) atoms. The normalized spacial score (nSPS) is 16.4. The van der Waals surface area contributed by atoms with Crippen LogP contribution in [0, 0.1) is 0 Å². The minimum atomic E-state index is -0.0608. The molecule has 0 amide bonds. The summed E-state index contributed by atoms with van der Waals surface area (Å²) < 4.78 is 1.75. The smallest absolute Gasteiger partial charge is 0.305 e. The summed E-state index contributed by atoms with van der Waals surface area (Å²) in [6.45, 7) is 1.51. The number of para-hydroxylation sites is 2. The topological polar surface area (TPSA) is 51.9 Å². The number of hydrogen-bond donors (Lipinski definition) is 1. The molecule has 1 aliphatic heterocycles. The SMILES string of the molecule is O=c1[nH]c2ccccc2n1C1=CC[N]CC1. The first-order chi connectivity index (χ1) is 7.86. The van der Waals surface area contributed by atoms with Crippen molar-refractivity contribution in [2.75, 3.05) is 13.1 Å². The maximum Gasteiger partial charge on any atom is 0.330 e. The van der Waals surface area contributed by atoms with Gasteiger partial charge in [-0.1, -0.05) is 12.1 Å². The molecule has 4 nitrogen and oxygen atoms in total. The van der Waals surface area contributed by atoms with Gasteiger partial charge in [0.15, 0.2) is 0 Å². The summed E-state index contributed by atoms with van der Waals surface area (Å²) in [5.41, 5.74) is 2.82. The first-order valence-corrected chi connectivity index (χ1v) is 5.39. The Kier molecular flexibility index (Phi) is 2.15. The molecule has 0 fully saturated rings. The van der Waals surface area contributed by atoms with Crippen LogP contribution in [-0.4, -0.2) is 22.6 Å². The molecule has 1 aromatic heterocycles. The minimum absolute atomic E-state index is 0.0608. The molecule has 4 heteroatoms. The van der Waals surface area contributed by atoms with Crippen molar-refractivity contribution in [2.45, 2.75) is 6.42 Å². The van der Waals surface area contributed by atoms with Gasteiger partial charge in [0, 0.05) is 25.2 Å². The third kappa shape index (κ3) is 1.39. The number of nitrogens with one attached hydrogen (secondary N) is 1. The van der Waals surface area contributed by atoms with Gasteiger partial charge in [-0.3, -0.25) is 4.57 Å². The highest BCUT2D eigenvalue weighted by Gasteiger charge is 2.12. The lowest BCUT2D eigenvalue weighted by Crippen LogP contribution is -2.22. The number of imidazole rings is 1. The first kappa shape index (κ1) is 9.42. The average Bonchev–Trinajstić information content (AvgIpc) is 2.66. The molecular formula is C12H12N3O. The lowest BCUT2D eigenvalue weighted by Gasteiger charge is -2.13. The van der Waals surface area contributed by atoms with E-state index < -0.39 is 0 Å². The van der Waals surface area contributed by atoms with E-state index in [1.807, 2.05) is 30.3 Å². The molecule has 1 N–H and O–H groups in total. The Bertz CT molecular complexity index is 606. The molecule has 0 saturated carbocycles. The van der Waals surface area contributed by atoms with Crippen molar-refractivity contribution in [2.24, 2.45) is 0 Å². The van der Waals surface area contributed by atoms with Crippen molar-refractivity contribution in [1.82, 2.24) is 14.9 Å². The lowest BCUT2D eigenvalue weighted by atomic mass is 10.2. The van der Waals surface area contributed by atoms with Crippen molar-refractivity contribution in [3.63, 3.8) is 0 Å². The standard InChI is InChI=1S/C12H12N3O/c16-12-14-10-3-1-2-4-11(10)15(12)9-5-7-13-8-6-9/h1-5H,6-8H2,(H,14,16). The molecule has 81 valence electrons. The fourth-order valence-electron chi connectivity index (χ4n) is 2.10. The molecule has 0 spiro atoms. The Labute approximate surface area is 92.6 Å². The summed E-state index contributed by atoms with van der Waals surface area (Å²) >= 11 is 0. The fourth-order valence-corrected chi connectivity index (χ4v) is 2.10. The Hall–Kier alpha value is -1.81. The summed E-state index contributed by atoms with van der Waals surface area (Å²) in [7, 11) is 0. The van der Waals surface area contributed by atoms with Crippen LogP contribution in [0.1, 0.15) is 6.42 Å². The highest BCUT2D eigenvalue weighted by atomic mass is 16.1. The molecular weight excluding hydrogens is 202 g/mol. The monoisotopic (exact) mass is 214 g/mol. The van der Waals surface area contributed by atoms with E-state index in [0.29, 0.717) is 6.54 Å². The highest BCUT2D eigenvalue weighted by Crippen LogP contribution is 2.17. The molecule has 0 saturated heterocycles. The van der Waals surface area contributed by atoms with Crippen LogP contribution in [0.15, 0.2) is 35.1 Å². The third-order valence-corrected chi connectivity index (χ3v) is 2.86. The lowest BCUT2D eigenvalue weighted by molar-refractivity contribution is 0.703. The van der Waals surface area contributed by atoms with E-state index in [2.05, 4.69) is 10.3 Å². The average molecular weight is 214 g/mol. The molecule has 1 radical (unpaired) electrons. The number of benzene rings is 1. The Morgan fingerprint density at radius 1 is 1.31 bits per heavy atom. The van der Waals surface area contributed by atoms with Crippen LogP contribution in [0.3, 0.4) is 0 Å². The van der Waals surface area contributed by atoms with E-state index >= 15 is 0 Å². The predicted molar refractivity (Wildman–Crippen MR) is 63.3 cm³/mol. The number of aromatic amines is 1. The van der Waals surface area contributed by atoms with Crippen LogP contribution in [0.25, 0.3) is 16.7 Å². The van der Waals surface area contributed by atoms with Gasteiger partial charge in [0.2, 0.25) is 0 Å². The van der Waals surface area contributed by atoms with Gasteiger partial charge in [-0.25, -0.2) is 10.1 Å². The van der Waals surface area contributed by atoms with E-state index in [-0.39, 0.29) is 5.69 Å². The Morgan fingerprint density at radius 2 is 2.19 bits per heavy atom. The van der Waals surface area contributed by atoms with E-state index in [1.54, 1.807) is 4.57 Å². The number of hydrogen-bond acceptors (Lipinski definition) is 1. The molecule has 3 rings (SSSR count). The number of H-pyrrole nitrogens is 1. The van der Waals surface area contributed by atoms with Crippen molar-refractivity contribution >= 4 is 16.7 Å². The highest BCUT2D eigenvalue weighted by molar-refractivity contribution is 5.79. The van der Waals surface area contributed by atoms with Gasteiger partial charge in [-0.15, -0.1) is 0 Å². The molecule has 0 unspecified atom stereocenters. The van der Waals surface area contributed by atoms with E-state index in [9.17, 15) is 4.79 Å². The molecule has 1 aliphatic rings. The van der Waals surface area contributed by atoms with Crippen LogP contribution >= 0.6 is 0 Å². The number of rotatable bonds is 1. The fraction of sp³-hybridized carbons (Fsp3) is 0.250. The van der Waals surface area contributed by atoms with Gasteiger partial charge in [0.05, 0.1) is 11.0 Å². The maximum absolute atomic E-state index is 11.9. The van der Waals surface area contributed by atoms with Crippen LogP contribution in [0.5, 0.6) is 0 Å². The van der Waals surface area contributed by atoms with Crippen molar-refractivity contribution in [1.29, 1.82) is 0 Å². The van der Waals surface area contributed by atoms with Gasteiger partial charge >= 0.3 is 5.69 Å². The second-order valence-electron chi connectivity index (χ2n) is 3.86. The molecule has 1 aromatic carbocycles. The van der Waals surface area contributed by atoms with Gasteiger partial charge < -0.3 is 4.98 Å². The second kappa shape index (κ2) is 3.64. The molecule has 0 bridgehead atoms. The Morgan fingerprint density at radius 3 is 3.00 bits per heavy atom. The minimum Gasteiger partial charge on any atom is -0.305 e. The Balaban J connectivity index is 2.26. The number of aromatic nitrogens is 2. The predicted octanol–water partition coefficient (Wildman–Crippen LogP) is 1.18. The van der Waals surface area contributed by atoms with E-state index in [1.165, 1.54) is 0 Å². The zero-order chi connectivity index (χ0) is 11.0. The summed E-state index contributed by atoms with van der Waals surface area (Å²) in [5, 5.41) is 4.24. The van der Waals surface area contributed by atoms with Crippen molar-refractivity contribution < 1.29 is 0 Å². The third-order valence-electron chi connectivity index (χ3n) is 2.86. The van der Waals surface area contributed by atoms with Gasteiger partial charge in [0.1, 0.15) is 0 Å². The van der Waals surface area contributed by atoms with Crippen molar-refractivity contribution in [3.05, 3.63) is 40.8 Å². The zero-order valence-corrected chi connectivity index (χ0v) is 8.81. The molecule has 0 atom stereocenters. The van der Waals surface area contributed by atoms with E-state index in [4.69, 9.17) is 0 Å². The second-order valence-corrected chi connectivity index (χ2v) is 3.86. The first-order valence-electron chi connectivity index (χ1n) is 5.39. The van der Waals surface area contributed by atoms with E-state index in [0.717, 1.165) is 29.7 Å². The number of nitrogens with zero attached hydrogens (tertiary/aromatic N) is 2. The summed E-state index contributed by atoms with van der Waals surface area (Å²) in [5.74, 6) is 0. The van der Waals surface area contributed by atoms with Crippen LogP contribution in [0.4, 0.5) is 0 Å². The van der Waals surface area contributed by atoms with Crippen LogP contribution in [0.2, 0.25) is 0 Å². The molecule has 2 heterocycles. The largest absolute Gasteiger partial charge is 0.330 e. The summed E-state index contributed by atoms with van der Waals surface area (Å²) in [6, 6.07) is 7.74. The summed E-state index contributed by atoms with van der Waals surface area (Å²) in [6.07, 6.45) is 2.85. The van der Waals surface area contributed by atoms with Crippen molar-refractivity contribution in [3.8, 4) is 0 Å². The maximum atomic E-state index is 11.9. The summed E-state index contributed by atoms with van der Waals surface area (Å²) in [4.78, 5) is 14.7. The quantitative estimate of drug-likeness (QED) is 0.761. The van der Waals surface area contributed by atoms with Gasteiger partial charge in [-0.05, 0) is 18.2 Å². The van der Waals surface area contributed by atoms with Gasteiger partial charge in [-0.2, -0.15) is 0 Å². The van der Waals surface area contributed by atoms with Crippen LogP contribution < -0.4 is 11.0 Å². The number of fused-ring (bicyclic) bond motifs is 1. The van der Waals surface area contributed by atoms with Gasteiger partial charge in [0.25, 0.3) is 0 Å². The molecule has 2 aromatic rings. The molecule has 0 aliphatic carbocycles. The zero-order valence-electron chi connectivity index (χ0n) is 8.81. The van der Waals surface area contributed by atoms with Crippen LogP contribution in [-0.2, 0) is 0 Å².